The Morgan fingerprint density at radius 1 is 1.38 bits per heavy atom. The number of carbonyl (C=O) groups is 1. The fraction of sp³-hybridized carbons (Fsp3) is 0.800. The molecule has 102 valence electrons. The summed E-state index contributed by atoms with van der Waals surface area (Å²) in [5, 5.41) is 21.7. The monoisotopic (exact) mass is 459 g/mol. The molecule has 1 heterocycles. The van der Waals surface area contributed by atoms with Gasteiger partial charge in [-0.05, 0) is 0 Å². The van der Waals surface area contributed by atoms with E-state index in [-0.39, 0.29) is 58.2 Å². The Labute approximate surface area is 120 Å². The maximum absolute atomic E-state index is 10.00. The van der Waals surface area contributed by atoms with Gasteiger partial charge in [-0.3, -0.25) is 0 Å². The number of hydrogen-bond acceptors (Lipinski definition) is 6. The van der Waals surface area contributed by atoms with Crippen LogP contribution in [0.5, 0.6) is 0 Å². The van der Waals surface area contributed by atoms with E-state index in [1.807, 2.05) is 0 Å². The van der Waals surface area contributed by atoms with Crippen molar-refractivity contribution in [2.24, 2.45) is 5.34 Å². The molecule has 0 bridgehead atoms. The number of halogens is 2. The molecule has 1 saturated heterocycles. The van der Waals surface area contributed by atoms with Crippen molar-refractivity contribution < 1.29 is 61.0 Å². The van der Waals surface area contributed by atoms with E-state index < -0.39 is 12.0 Å². The molecule has 0 aromatic heterocycles. The normalized spacial score (nSPS) is 14.9. The predicted molar refractivity (Wildman–Crippen MR) is 43.9 cm³/mol. The average Bonchev–Trinajstić information content (AvgIpc) is 2.38. The largest absolute Gasteiger partial charge is 4.00 e. The summed E-state index contributed by atoms with van der Waals surface area (Å²) in [6, 6.07) is -0.505. The maximum Gasteiger partial charge on any atom is 4.00 e. The molecule has 7 N–H and O–H groups in total. The summed E-state index contributed by atoms with van der Waals surface area (Å²) in [5.41, 5.74) is 0. The summed E-state index contributed by atoms with van der Waals surface area (Å²) in [6.45, 7) is 0.693. The molecule has 1 aliphatic heterocycles. The molecule has 1 atom stereocenters. The predicted octanol–water partition coefficient (Wildman–Crippen LogP) is -6.26. The molecule has 0 saturated carbocycles. The molecule has 8 nitrogen and oxygen atoms in total. The third-order valence-corrected chi connectivity index (χ3v) is 1.26. The number of carboxylic acid groups (broad SMARTS) is 1. The fourth-order valence-electron chi connectivity index (χ4n) is 0.815. The zero-order valence-electron chi connectivity index (χ0n) is 8.25. The van der Waals surface area contributed by atoms with Crippen molar-refractivity contribution in [3.8, 4) is 0 Å². The van der Waals surface area contributed by atoms with E-state index in [1.54, 1.807) is 0 Å². The van der Waals surface area contributed by atoms with Crippen LogP contribution in [0, 0.1) is 4.91 Å². The quantitative estimate of drug-likeness (QED) is 0.259. The van der Waals surface area contributed by atoms with Crippen LogP contribution in [0.4, 0.5) is 0 Å². The van der Waals surface area contributed by atoms with Gasteiger partial charge in [0.1, 0.15) is 0 Å². The summed E-state index contributed by atoms with van der Waals surface area (Å²) in [6.07, 6.45) is 1.57. The second-order valence-corrected chi connectivity index (χ2v) is 1.96. The molecule has 0 aromatic rings. The van der Waals surface area contributed by atoms with Gasteiger partial charge in [0.05, 0.1) is 0 Å². The van der Waals surface area contributed by atoms with Gasteiger partial charge in [-0.15, -0.1) is 11.5 Å². The number of carboxylic acids is 1. The topological polar surface area (TPSA) is 174 Å². The standard InChI is InChI=1S/C5H8NO2.2ClH.HNO2.2H3N.Pt/c7-5(8)4-2-1-3-6-4;;;2-1-3;;;/h4H,1-3H2,(H,7,8);2*1H;(H,2,3);2*1H3;/q-1;;;;;;+4/p-3/t4-;;;;;;/m1....../s1. The molecule has 1 fully saturated rings. The van der Waals surface area contributed by atoms with E-state index >= 15 is 0 Å². The van der Waals surface area contributed by atoms with Gasteiger partial charge >= 0.3 is 21.1 Å². The molecule has 16 heavy (non-hydrogen) atoms. The SMILES string of the molecule is N.N.O=C([O-])[C@H]1CCC[N-]1.O=NO.[Cl-].[Cl-].[Pt+4]. The molecule has 1 rings (SSSR count). The molecule has 0 aliphatic carbocycles. The molecule has 1 aliphatic rings. The smallest absolute Gasteiger partial charge is 1.00 e. The van der Waals surface area contributed by atoms with Crippen LogP contribution in [0.25, 0.3) is 5.32 Å². The first-order chi connectivity index (χ1) is 5.22. The van der Waals surface area contributed by atoms with Crippen molar-refractivity contribution in [2.45, 2.75) is 18.9 Å². The summed E-state index contributed by atoms with van der Waals surface area (Å²) in [7, 11) is 0. The van der Waals surface area contributed by atoms with Gasteiger partial charge in [0, 0.05) is 5.97 Å². The van der Waals surface area contributed by atoms with Crippen LogP contribution in [0.15, 0.2) is 5.34 Å². The summed E-state index contributed by atoms with van der Waals surface area (Å²) >= 11 is 0. The fourth-order valence-corrected chi connectivity index (χ4v) is 0.815. The molecule has 0 radical (unpaired) electrons. The van der Waals surface area contributed by atoms with Gasteiger partial charge < -0.3 is 57.5 Å². The van der Waals surface area contributed by atoms with Crippen LogP contribution >= 0.6 is 0 Å². The van der Waals surface area contributed by atoms with Gasteiger partial charge in [0.2, 0.25) is 0 Å². The van der Waals surface area contributed by atoms with Crippen LogP contribution in [0.1, 0.15) is 12.8 Å². The molecule has 0 amide bonds. The van der Waals surface area contributed by atoms with Crippen molar-refractivity contribution in [1.82, 2.24) is 12.3 Å². The summed E-state index contributed by atoms with van der Waals surface area (Å²) in [4.78, 5) is 18.1. The molecular weight excluding hydrogens is 446 g/mol. The molecule has 0 unspecified atom stereocenters. The first-order valence-electron chi connectivity index (χ1n) is 3.06. The van der Waals surface area contributed by atoms with Crippen molar-refractivity contribution in [3.63, 3.8) is 0 Å². The Hall–Kier alpha value is 0.0183. The van der Waals surface area contributed by atoms with E-state index in [4.69, 9.17) is 10.1 Å². The van der Waals surface area contributed by atoms with Crippen molar-refractivity contribution in [2.75, 3.05) is 6.54 Å². The van der Waals surface area contributed by atoms with Crippen LogP contribution < -0.4 is 42.2 Å². The Morgan fingerprint density at radius 3 is 1.88 bits per heavy atom. The zero-order chi connectivity index (χ0) is 8.69. The molecule has 0 spiro atoms. The van der Waals surface area contributed by atoms with Crippen LogP contribution in [0.3, 0.4) is 0 Å². The number of hydrogen-bond donors (Lipinski definition) is 3. The van der Waals surface area contributed by atoms with Crippen molar-refractivity contribution >= 4 is 5.97 Å². The minimum atomic E-state index is -1.03. The van der Waals surface area contributed by atoms with E-state index in [0.717, 1.165) is 6.42 Å². The molecular formula is C5H14Cl2N4O4Pt. The summed E-state index contributed by atoms with van der Waals surface area (Å²) < 4.78 is 0. The van der Waals surface area contributed by atoms with Crippen molar-refractivity contribution in [1.29, 1.82) is 0 Å². The minimum absolute atomic E-state index is 0. The number of aliphatic carboxylic acids is 1. The first kappa shape index (κ1) is 36.0. The Balaban J connectivity index is -0.0000000288. The van der Waals surface area contributed by atoms with E-state index in [2.05, 4.69) is 5.32 Å². The van der Waals surface area contributed by atoms with Gasteiger partial charge in [0.15, 0.2) is 5.34 Å². The molecule has 11 heteroatoms. The van der Waals surface area contributed by atoms with Gasteiger partial charge in [-0.1, -0.05) is 18.9 Å². The van der Waals surface area contributed by atoms with E-state index in [9.17, 15) is 9.90 Å². The van der Waals surface area contributed by atoms with Crippen molar-refractivity contribution in [3.05, 3.63) is 10.2 Å². The van der Waals surface area contributed by atoms with Crippen LogP contribution in [-0.4, -0.2) is 23.8 Å². The number of nitrogens with zero attached hydrogens (tertiary/aromatic N) is 2. The Bertz CT molecular complexity index is 150. The first-order valence-corrected chi connectivity index (χ1v) is 3.06. The number of rotatable bonds is 1. The average molecular weight is 460 g/mol. The zero-order valence-corrected chi connectivity index (χ0v) is 12.0. The minimum Gasteiger partial charge on any atom is -1.00 e. The third-order valence-electron chi connectivity index (χ3n) is 1.26. The van der Waals surface area contributed by atoms with Gasteiger partial charge in [0.25, 0.3) is 0 Å². The van der Waals surface area contributed by atoms with Gasteiger partial charge in [-0.25, -0.2) is 0 Å². The second kappa shape index (κ2) is 24.3. The van der Waals surface area contributed by atoms with Crippen LogP contribution in [0.2, 0.25) is 0 Å². The Morgan fingerprint density at radius 2 is 1.75 bits per heavy atom. The van der Waals surface area contributed by atoms with Crippen LogP contribution in [-0.2, 0) is 25.9 Å². The second-order valence-electron chi connectivity index (χ2n) is 1.96. The van der Waals surface area contributed by atoms with E-state index in [0.29, 0.717) is 13.0 Å². The third kappa shape index (κ3) is 19.6. The number of carbonyl (C=O) groups excluding carboxylic acids is 1. The Kier molecular flexibility index (Phi) is 54.7. The molecule has 0 aromatic carbocycles. The van der Waals surface area contributed by atoms with Gasteiger partial charge in [-0.2, -0.15) is 0 Å². The summed E-state index contributed by atoms with van der Waals surface area (Å²) in [5.74, 6) is -1.03. The maximum atomic E-state index is 10.00. The van der Waals surface area contributed by atoms with E-state index in [1.165, 1.54) is 5.34 Å².